The van der Waals surface area contributed by atoms with Gasteiger partial charge in [-0.25, -0.2) is 4.79 Å². The summed E-state index contributed by atoms with van der Waals surface area (Å²) in [6.07, 6.45) is 0.933. The van der Waals surface area contributed by atoms with Gasteiger partial charge in [-0.15, -0.1) is 23.5 Å². The van der Waals surface area contributed by atoms with Crippen molar-refractivity contribution in [3.8, 4) is 6.07 Å². The molecule has 0 aromatic rings. The van der Waals surface area contributed by atoms with E-state index in [9.17, 15) is 4.79 Å². The number of nitrogens with zero attached hydrogens (tertiary/aromatic N) is 1. The van der Waals surface area contributed by atoms with Crippen LogP contribution in [0, 0.1) is 11.3 Å². The van der Waals surface area contributed by atoms with Gasteiger partial charge in [0.25, 0.3) is 0 Å². The molecule has 0 aliphatic carbocycles. The van der Waals surface area contributed by atoms with Crippen LogP contribution in [0.4, 0.5) is 0 Å². The highest BCUT2D eigenvalue weighted by Gasteiger charge is 2.39. The van der Waals surface area contributed by atoms with Crippen LogP contribution in [0.2, 0.25) is 0 Å². The molecule has 0 atom stereocenters. The summed E-state index contributed by atoms with van der Waals surface area (Å²) in [6, 6.07) is 2.08. The molecule has 0 heterocycles. The van der Waals surface area contributed by atoms with E-state index in [1.807, 2.05) is 13.8 Å². The Morgan fingerprint density at radius 1 is 1.40 bits per heavy atom. The minimum absolute atomic E-state index is 0.226. The molecule has 5 heteroatoms. The maximum absolute atomic E-state index is 11.7. The van der Waals surface area contributed by atoms with E-state index in [1.165, 1.54) is 7.11 Å². The number of carbonyl (C=O) groups is 1. The van der Waals surface area contributed by atoms with Crippen molar-refractivity contribution >= 4 is 29.5 Å². The average Bonchev–Trinajstić information content (AvgIpc) is 2.25. The van der Waals surface area contributed by atoms with E-state index in [0.29, 0.717) is 12.8 Å². The fraction of sp³-hybridized carbons (Fsp3) is 0.800. The zero-order valence-corrected chi connectivity index (χ0v) is 11.0. The number of nitriles is 1. The van der Waals surface area contributed by atoms with Crippen LogP contribution in [-0.2, 0) is 9.53 Å². The highest BCUT2D eigenvalue weighted by molar-refractivity contribution is 8.19. The first-order valence-corrected chi connectivity index (χ1v) is 6.87. The summed E-state index contributed by atoms with van der Waals surface area (Å²) in [6.45, 7) is 4.01. The second-order valence-electron chi connectivity index (χ2n) is 2.77. The lowest BCUT2D eigenvalue weighted by atomic mass is 10.2. The molecule has 3 nitrogen and oxygen atoms in total. The molecular formula is C10H17NO2S2. The fourth-order valence-corrected chi connectivity index (χ4v) is 4.12. The highest BCUT2D eigenvalue weighted by atomic mass is 32.2. The van der Waals surface area contributed by atoms with Gasteiger partial charge in [0.2, 0.25) is 0 Å². The zero-order chi connectivity index (χ0) is 11.7. The predicted molar refractivity (Wildman–Crippen MR) is 65.9 cm³/mol. The van der Waals surface area contributed by atoms with Gasteiger partial charge in [0, 0.05) is 6.42 Å². The van der Waals surface area contributed by atoms with E-state index >= 15 is 0 Å². The zero-order valence-electron chi connectivity index (χ0n) is 9.41. The van der Waals surface area contributed by atoms with Crippen LogP contribution in [0.25, 0.3) is 0 Å². The predicted octanol–water partition coefficient (Wildman–Crippen LogP) is 2.67. The van der Waals surface area contributed by atoms with Crippen molar-refractivity contribution in [1.29, 1.82) is 5.26 Å². The van der Waals surface area contributed by atoms with Crippen LogP contribution in [0.15, 0.2) is 0 Å². The molecule has 0 radical (unpaired) electrons. The van der Waals surface area contributed by atoms with Gasteiger partial charge in [0.15, 0.2) is 4.08 Å². The van der Waals surface area contributed by atoms with E-state index in [0.717, 1.165) is 11.5 Å². The Kier molecular flexibility index (Phi) is 7.71. The molecule has 15 heavy (non-hydrogen) atoms. The average molecular weight is 247 g/mol. The Balaban J connectivity index is 4.72. The third kappa shape index (κ3) is 4.35. The molecule has 0 saturated carbocycles. The number of esters is 1. The number of methoxy groups -OCH3 is 1. The van der Waals surface area contributed by atoms with Crippen LogP contribution in [0.3, 0.4) is 0 Å². The van der Waals surface area contributed by atoms with Crippen LogP contribution in [0.5, 0.6) is 0 Å². The summed E-state index contributed by atoms with van der Waals surface area (Å²) in [7, 11) is 1.40. The Morgan fingerprint density at radius 3 is 2.27 bits per heavy atom. The molecule has 0 fully saturated rings. The molecule has 0 aliphatic rings. The van der Waals surface area contributed by atoms with Crippen molar-refractivity contribution in [2.45, 2.75) is 30.8 Å². The molecule has 0 aromatic heterocycles. The number of thioether (sulfide) groups is 2. The highest BCUT2D eigenvalue weighted by Crippen LogP contribution is 2.42. The van der Waals surface area contributed by atoms with Gasteiger partial charge in [0.05, 0.1) is 13.2 Å². The first-order valence-electron chi connectivity index (χ1n) is 4.90. The second kappa shape index (κ2) is 7.89. The van der Waals surface area contributed by atoms with Crippen molar-refractivity contribution in [3.05, 3.63) is 0 Å². The summed E-state index contributed by atoms with van der Waals surface area (Å²) < 4.78 is 4.24. The smallest absolute Gasteiger partial charge is 0.332 e. The van der Waals surface area contributed by atoms with Gasteiger partial charge < -0.3 is 4.74 Å². The van der Waals surface area contributed by atoms with Crippen LogP contribution < -0.4 is 0 Å². The van der Waals surface area contributed by atoms with Gasteiger partial charge in [-0.1, -0.05) is 13.8 Å². The molecule has 86 valence electrons. The summed E-state index contributed by atoms with van der Waals surface area (Å²) in [5.41, 5.74) is 0. The van der Waals surface area contributed by atoms with Crippen LogP contribution >= 0.6 is 23.5 Å². The minimum atomic E-state index is -0.589. The molecule has 0 spiro atoms. The summed E-state index contributed by atoms with van der Waals surface area (Å²) in [4.78, 5) is 11.7. The first kappa shape index (κ1) is 14.7. The summed E-state index contributed by atoms with van der Waals surface area (Å²) >= 11 is 3.12. The normalized spacial score (nSPS) is 10.8. The number of hydrogen-bond donors (Lipinski definition) is 0. The molecule has 0 N–H and O–H groups in total. The lowest BCUT2D eigenvalue weighted by Gasteiger charge is -2.28. The maximum Gasteiger partial charge on any atom is 0.332 e. The lowest BCUT2D eigenvalue weighted by molar-refractivity contribution is -0.141. The molecule has 0 bridgehead atoms. The van der Waals surface area contributed by atoms with Crippen molar-refractivity contribution in [2.24, 2.45) is 0 Å². The molecule has 0 unspecified atom stereocenters. The van der Waals surface area contributed by atoms with E-state index in [1.54, 1.807) is 23.5 Å². The molecule has 0 saturated heterocycles. The Hall–Kier alpha value is -0.340. The number of rotatable bonds is 7. The SMILES string of the molecule is CCSC(CCC#N)(SCC)C(=O)OC. The van der Waals surface area contributed by atoms with Gasteiger partial charge >= 0.3 is 5.97 Å². The first-order chi connectivity index (χ1) is 7.16. The van der Waals surface area contributed by atoms with Crippen molar-refractivity contribution in [1.82, 2.24) is 0 Å². The molecule has 0 aromatic carbocycles. The quantitative estimate of drug-likeness (QED) is 0.511. The van der Waals surface area contributed by atoms with E-state index in [2.05, 4.69) is 6.07 Å². The Bertz CT molecular complexity index is 232. The molecule has 0 amide bonds. The Labute approximate surface area is 99.9 Å². The standard InChI is InChI=1S/C10H17NO2S2/c1-4-14-10(15-5-2,7-6-8-11)9(12)13-3/h4-7H2,1-3H3. The molecule has 0 aliphatic heterocycles. The van der Waals surface area contributed by atoms with E-state index in [-0.39, 0.29) is 5.97 Å². The minimum Gasteiger partial charge on any atom is -0.467 e. The Morgan fingerprint density at radius 2 is 1.93 bits per heavy atom. The molecule has 0 rings (SSSR count). The maximum atomic E-state index is 11.7. The number of ether oxygens (including phenoxy) is 1. The lowest BCUT2D eigenvalue weighted by Crippen LogP contribution is -2.33. The van der Waals surface area contributed by atoms with Crippen LogP contribution in [0.1, 0.15) is 26.7 Å². The van der Waals surface area contributed by atoms with Crippen molar-refractivity contribution in [2.75, 3.05) is 18.6 Å². The van der Waals surface area contributed by atoms with E-state index in [4.69, 9.17) is 10.00 Å². The van der Waals surface area contributed by atoms with Crippen molar-refractivity contribution < 1.29 is 9.53 Å². The number of hydrogen-bond acceptors (Lipinski definition) is 5. The van der Waals surface area contributed by atoms with Gasteiger partial charge in [-0.3, -0.25) is 0 Å². The third-order valence-corrected chi connectivity index (χ3v) is 4.78. The molecular weight excluding hydrogens is 230 g/mol. The van der Waals surface area contributed by atoms with E-state index < -0.39 is 4.08 Å². The summed E-state index contributed by atoms with van der Waals surface area (Å²) in [5, 5.41) is 8.60. The van der Waals surface area contributed by atoms with Gasteiger partial charge in [-0.2, -0.15) is 5.26 Å². The van der Waals surface area contributed by atoms with Crippen LogP contribution in [-0.4, -0.2) is 28.7 Å². The van der Waals surface area contributed by atoms with Crippen molar-refractivity contribution in [3.63, 3.8) is 0 Å². The monoisotopic (exact) mass is 247 g/mol. The largest absolute Gasteiger partial charge is 0.467 e. The number of carbonyl (C=O) groups excluding carboxylic acids is 1. The topological polar surface area (TPSA) is 50.1 Å². The fourth-order valence-electron chi connectivity index (χ4n) is 1.25. The van der Waals surface area contributed by atoms with Gasteiger partial charge in [0.1, 0.15) is 0 Å². The second-order valence-corrected chi connectivity index (χ2v) is 6.15. The third-order valence-electron chi connectivity index (χ3n) is 1.82. The van der Waals surface area contributed by atoms with Gasteiger partial charge in [-0.05, 0) is 17.9 Å². The summed E-state index contributed by atoms with van der Waals surface area (Å²) in [5.74, 6) is 1.46.